The topological polar surface area (TPSA) is 130 Å². The van der Waals surface area contributed by atoms with E-state index in [1.54, 1.807) is 0 Å². The maximum absolute atomic E-state index is 11.1. The molecule has 0 heterocycles. The van der Waals surface area contributed by atoms with Crippen molar-refractivity contribution < 1.29 is 27.9 Å². The number of nitrogens with two attached hydrogens (primary N) is 1. The molecule has 0 saturated carbocycles. The van der Waals surface area contributed by atoms with Crippen molar-refractivity contribution in [1.82, 2.24) is 0 Å². The van der Waals surface area contributed by atoms with Crippen LogP contribution in [-0.4, -0.2) is 54.5 Å². The molecule has 0 amide bonds. The third-order valence-corrected chi connectivity index (χ3v) is 3.11. The Morgan fingerprint density at radius 2 is 1.64 bits per heavy atom. The van der Waals surface area contributed by atoms with Crippen LogP contribution in [0.15, 0.2) is 0 Å². The lowest BCUT2D eigenvalue weighted by Gasteiger charge is -2.27. The van der Waals surface area contributed by atoms with Crippen LogP contribution in [0, 0.1) is 0 Å². The van der Waals surface area contributed by atoms with Gasteiger partial charge in [0.15, 0.2) is 5.60 Å². The van der Waals surface area contributed by atoms with Crippen LogP contribution in [0.1, 0.15) is 6.92 Å². The Balaban J connectivity index is 4.78. The zero-order valence-electron chi connectivity index (χ0n) is 7.75. The molecule has 0 aliphatic carbocycles. The minimum atomic E-state index is -4.09. The highest BCUT2D eigenvalue weighted by Crippen LogP contribution is 2.14. The molecule has 0 radical (unpaired) electrons. The molecule has 0 aliphatic heterocycles. The molecule has 0 aromatic heterocycles. The summed E-state index contributed by atoms with van der Waals surface area (Å²) < 4.78 is 26.7. The fourth-order valence-electron chi connectivity index (χ4n) is 0.551. The van der Waals surface area contributed by atoms with Gasteiger partial charge in [0.2, 0.25) is 0 Å². The molecule has 0 rings (SSSR count). The van der Waals surface area contributed by atoms with Crippen molar-refractivity contribution >= 4 is 10.1 Å². The second-order valence-corrected chi connectivity index (χ2v) is 4.83. The Labute approximate surface area is 82.2 Å². The van der Waals surface area contributed by atoms with Gasteiger partial charge >= 0.3 is 0 Å². The average molecular weight is 229 g/mol. The van der Waals surface area contributed by atoms with E-state index in [1.807, 2.05) is 0 Å². The van der Waals surface area contributed by atoms with Crippen LogP contribution < -0.4 is 5.73 Å². The number of hydrogen-bond donors (Lipinski definition) is 4. The van der Waals surface area contributed by atoms with Gasteiger partial charge in [-0.1, -0.05) is 0 Å². The Bertz CT molecular complexity index is 249. The normalized spacial score (nSPS) is 15.5. The van der Waals surface area contributed by atoms with Gasteiger partial charge in [0, 0.05) is 0 Å². The van der Waals surface area contributed by atoms with Crippen LogP contribution in [0.25, 0.3) is 0 Å². The zero-order valence-corrected chi connectivity index (χ0v) is 8.57. The summed E-state index contributed by atoms with van der Waals surface area (Å²) >= 11 is 0. The smallest absolute Gasteiger partial charge is 0.283 e. The van der Waals surface area contributed by atoms with E-state index < -0.39 is 40.9 Å². The molecule has 0 aromatic rings. The van der Waals surface area contributed by atoms with Gasteiger partial charge in [-0.15, -0.1) is 0 Å². The number of hydrogen-bond acceptors (Lipinski definition) is 7. The second-order valence-electron chi connectivity index (χ2n) is 2.94. The summed E-state index contributed by atoms with van der Waals surface area (Å²) in [6.45, 7) is -1.31. The Morgan fingerprint density at radius 1 is 1.29 bits per heavy atom. The third-order valence-electron chi connectivity index (χ3n) is 1.61. The van der Waals surface area contributed by atoms with Crippen LogP contribution in [0.3, 0.4) is 0 Å². The quantitative estimate of drug-likeness (QED) is 0.366. The highest BCUT2D eigenvalue weighted by molar-refractivity contribution is 7.87. The third kappa shape index (κ3) is 3.15. The van der Waals surface area contributed by atoms with Gasteiger partial charge in [-0.05, 0) is 6.92 Å². The molecular formula is C6H15NO6S. The van der Waals surface area contributed by atoms with E-state index in [1.165, 1.54) is 6.92 Å². The first kappa shape index (κ1) is 13.8. The molecule has 5 N–H and O–H groups in total. The van der Waals surface area contributed by atoms with Crippen molar-refractivity contribution in [1.29, 1.82) is 0 Å². The van der Waals surface area contributed by atoms with Crippen LogP contribution in [0.2, 0.25) is 0 Å². The predicted molar refractivity (Wildman–Crippen MR) is 47.6 cm³/mol. The molecule has 8 heteroatoms. The molecule has 0 spiro atoms. The lowest BCUT2D eigenvalue weighted by Crippen LogP contribution is -2.48. The average Bonchev–Trinajstić information content (AvgIpc) is 2.14. The Kier molecular flexibility index (Phi) is 4.92. The number of rotatable bonds is 6. The van der Waals surface area contributed by atoms with Crippen LogP contribution in [0.4, 0.5) is 0 Å². The molecule has 1 atom stereocenters. The fourth-order valence-corrected chi connectivity index (χ4v) is 1.35. The lowest BCUT2D eigenvalue weighted by atomic mass is 10.1. The summed E-state index contributed by atoms with van der Waals surface area (Å²) in [5.41, 5.74) is 3.17. The maximum atomic E-state index is 11.1. The van der Waals surface area contributed by atoms with Gasteiger partial charge < -0.3 is 21.1 Å². The summed E-state index contributed by atoms with van der Waals surface area (Å²) in [6.07, 6.45) is 0. The molecular weight excluding hydrogens is 214 g/mol. The van der Waals surface area contributed by atoms with Crippen LogP contribution in [-0.2, 0) is 14.3 Å². The van der Waals surface area contributed by atoms with E-state index >= 15 is 0 Å². The van der Waals surface area contributed by atoms with Gasteiger partial charge in [0.25, 0.3) is 10.1 Å². The first-order valence-electron chi connectivity index (χ1n) is 3.86. The highest BCUT2D eigenvalue weighted by Gasteiger charge is 2.36. The maximum Gasteiger partial charge on any atom is 0.283 e. The van der Waals surface area contributed by atoms with Crippen molar-refractivity contribution in [3.8, 4) is 0 Å². The lowest BCUT2D eigenvalue weighted by molar-refractivity contribution is -0.0644. The summed E-state index contributed by atoms with van der Waals surface area (Å²) in [5, 5.41) is 25.0. The van der Waals surface area contributed by atoms with Crippen molar-refractivity contribution in [2.24, 2.45) is 5.73 Å². The monoisotopic (exact) mass is 229 g/mol. The molecule has 86 valence electrons. The molecule has 0 bridgehead atoms. The largest absolute Gasteiger partial charge is 0.393 e. The van der Waals surface area contributed by atoms with E-state index in [-0.39, 0.29) is 0 Å². The molecule has 0 fully saturated rings. The second kappa shape index (κ2) is 5.01. The van der Waals surface area contributed by atoms with E-state index in [4.69, 9.17) is 21.1 Å². The number of aliphatic hydroxyl groups excluding tert-OH is 3. The molecule has 7 nitrogen and oxygen atoms in total. The molecule has 0 aliphatic rings. The molecule has 0 saturated heterocycles. The number of aliphatic hydroxyl groups is 3. The Hall–Kier alpha value is -0.250. The minimum Gasteiger partial charge on any atom is -0.393 e. The van der Waals surface area contributed by atoms with Gasteiger partial charge in [0.05, 0.1) is 19.8 Å². The minimum absolute atomic E-state index is 0.827. The Morgan fingerprint density at radius 3 is 1.86 bits per heavy atom. The summed E-state index contributed by atoms with van der Waals surface area (Å²) in [7, 11) is -4.09. The molecule has 1 unspecified atom stereocenters. The summed E-state index contributed by atoms with van der Waals surface area (Å²) in [5.74, 6) is 0. The summed E-state index contributed by atoms with van der Waals surface area (Å²) in [4.78, 5) is 0. The first-order chi connectivity index (χ1) is 6.33. The van der Waals surface area contributed by atoms with E-state index in [0.717, 1.165) is 0 Å². The fraction of sp³-hybridized carbons (Fsp3) is 1.00. The van der Waals surface area contributed by atoms with E-state index in [2.05, 4.69) is 4.18 Å². The van der Waals surface area contributed by atoms with E-state index in [0.29, 0.717) is 0 Å². The molecule has 0 aromatic carbocycles. The SMILES string of the molecule is CC(N)S(=O)(=O)OC(CO)(CO)CO. The first-order valence-corrected chi connectivity index (χ1v) is 5.33. The summed E-state index contributed by atoms with van der Waals surface area (Å²) in [6, 6.07) is 0. The highest BCUT2D eigenvalue weighted by atomic mass is 32.2. The van der Waals surface area contributed by atoms with Crippen molar-refractivity contribution in [2.75, 3.05) is 19.8 Å². The van der Waals surface area contributed by atoms with Crippen LogP contribution >= 0.6 is 0 Å². The van der Waals surface area contributed by atoms with Gasteiger partial charge in [0.1, 0.15) is 5.37 Å². The zero-order chi connectivity index (χ0) is 11.4. The predicted octanol–water partition coefficient (Wildman–Crippen LogP) is -2.65. The van der Waals surface area contributed by atoms with Gasteiger partial charge in [-0.3, -0.25) is 4.18 Å². The van der Waals surface area contributed by atoms with Crippen molar-refractivity contribution in [3.63, 3.8) is 0 Å². The van der Waals surface area contributed by atoms with Crippen LogP contribution in [0.5, 0.6) is 0 Å². The molecule has 14 heavy (non-hydrogen) atoms. The van der Waals surface area contributed by atoms with Gasteiger partial charge in [-0.25, -0.2) is 0 Å². The van der Waals surface area contributed by atoms with E-state index in [9.17, 15) is 8.42 Å². The van der Waals surface area contributed by atoms with Crippen molar-refractivity contribution in [3.05, 3.63) is 0 Å². The van der Waals surface area contributed by atoms with Crippen molar-refractivity contribution in [2.45, 2.75) is 17.9 Å². The standard InChI is InChI=1S/C6H15NO6S/c1-5(7)14(11,12)13-6(2-8,3-9)4-10/h5,8-10H,2-4,7H2,1H3. The van der Waals surface area contributed by atoms with Gasteiger partial charge in [-0.2, -0.15) is 8.42 Å².